The number of hydrogen-bond acceptors (Lipinski definition) is 5. The normalized spacial score (nSPS) is 16.2. The minimum atomic E-state index is -1.01. The van der Waals surface area contributed by atoms with Gasteiger partial charge in [-0.25, -0.2) is 4.68 Å². The van der Waals surface area contributed by atoms with Crippen LogP contribution in [0.1, 0.15) is 29.8 Å². The molecule has 7 nitrogen and oxygen atoms in total. The molecule has 7 heteroatoms. The van der Waals surface area contributed by atoms with Crippen molar-refractivity contribution in [2.24, 2.45) is 7.05 Å². The van der Waals surface area contributed by atoms with E-state index in [0.29, 0.717) is 48.1 Å². The van der Waals surface area contributed by atoms with Crippen molar-refractivity contribution in [3.63, 3.8) is 0 Å². The zero-order valence-corrected chi connectivity index (χ0v) is 16.6. The van der Waals surface area contributed by atoms with Gasteiger partial charge in [-0.1, -0.05) is 24.3 Å². The smallest absolute Gasteiger partial charge is 0.274 e. The highest BCUT2D eigenvalue weighted by Crippen LogP contribution is 2.33. The standard InChI is InChI=1S/C22H24N4O3/c1-15-6-5-11-23-20(15)22(29)9-12-26(13-10-22)19(27)14-18-16-7-3-4-8-17(16)21(28)25(2)24-18/h3-8,11,29H,9-10,12-14H2,1-2H3. The van der Waals surface area contributed by atoms with E-state index >= 15 is 0 Å². The van der Waals surface area contributed by atoms with Crippen LogP contribution in [0.5, 0.6) is 0 Å². The average Bonchev–Trinajstić information content (AvgIpc) is 2.72. The molecule has 0 bridgehead atoms. The number of aryl methyl sites for hydroxylation is 2. The molecule has 150 valence electrons. The topological polar surface area (TPSA) is 88.3 Å². The van der Waals surface area contributed by atoms with E-state index in [1.807, 2.05) is 31.2 Å². The lowest BCUT2D eigenvalue weighted by Gasteiger charge is -2.38. The number of fused-ring (bicyclic) bond motifs is 1. The number of likely N-dealkylation sites (tertiary alicyclic amines) is 1. The first-order valence-corrected chi connectivity index (χ1v) is 9.76. The van der Waals surface area contributed by atoms with E-state index in [-0.39, 0.29) is 17.9 Å². The Bertz CT molecular complexity index is 1130. The van der Waals surface area contributed by atoms with Crippen molar-refractivity contribution in [3.05, 3.63) is 69.9 Å². The summed E-state index contributed by atoms with van der Waals surface area (Å²) in [6.07, 6.45) is 2.69. The summed E-state index contributed by atoms with van der Waals surface area (Å²) in [5.41, 5.74) is 1.05. The van der Waals surface area contributed by atoms with Gasteiger partial charge in [0.1, 0.15) is 5.60 Å². The van der Waals surface area contributed by atoms with E-state index in [9.17, 15) is 14.7 Å². The Hall–Kier alpha value is -3.06. The van der Waals surface area contributed by atoms with Crippen molar-refractivity contribution >= 4 is 16.7 Å². The van der Waals surface area contributed by atoms with E-state index in [2.05, 4.69) is 10.1 Å². The number of hydrogen-bond donors (Lipinski definition) is 1. The van der Waals surface area contributed by atoms with Crippen LogP contribution < -0.4 is 5.56 Å². The summed E-state index contributed by atoms with van der Waals surface area (Å²) in [5, 5.41) is 16.7. The van der Waals surface area contributed by atoms with Gasteiger partial charge in [0.05, 0.1) is 23.2 Å². The molecule has 2 aromatic heterocycles. The second kappa shape index (κ2) is 7.40. The molecule has 1 N–H and O–H groups in total. The monoisotopic (exact) mass is 392 g/mol. The predicted molar refractivity (Wildman–Crippen MR) is 109 cm³/mol. The minimum Gasteiger partial charge on any atom is -0.383 e. The van der Waals surface area contributed by atoms with Gasteiger partial charge in [-0.05, 0) is 37.5 Å². The van der Waals surface area contributed by atoms with Gasteiger partial charge in [-0.2, -0.15) is 5.10 Å². The van der Waals surface area contributed by atoms with Crippen molar-refractivity contribution in [2.75, 3.05) is 13.1 Å². The molecule has 3 heterocycles. The van der Waals surface area contributed by atoms with Crippen molar-refractivity contribution < 1.29 is 9.90 Å². The summed E-state index contributed by atoms with van der Waals surface area (Å²) < 4.78 is 1.28. The van der Waals surface area contributed by atoms with E-state index in [1.165, 1.54) is 4.68 Å². The van der Waals surface area contributed by atoms with E-state index < -0.39 is 5.60 Å². The number of carbonyl (C=O) groups is 1. The molecule has 1 saturated heterocycles. The highest BCUT2D eigenvalue weighted by atomic mass is 16.3. The van der Waals surface area contributed by atoms with Crippen molar-refractivity contribution in [3.8, 4) is 0 Å². The third kappa shape index (κ3) is 3.53. The number of aromatic nitrogens is 3. The molecule has 0 aliphatic carbocycles. The molecule has 0 saturated carbocycles. The van der Waals surface area contributed by atoms with Crippen LogP contribution in [-0.2, 0) is 23.9 Å². The first-order valence-electron chi connectivity index (χ1n) is 9.76. The lowest BCUT2D eigenvalue weighted by atomic mass is 9.85. The van der Waals surface area contributed by atoms with Gasteiger partial charge in [0.15, 0.2) is 0 Å². The number of nitrogens with zero attached hydrogens (tertiary/aromatic N) is 4. The van der Waals surface area contributed by atoms with E-state index in [1.54, 1.807) is 30.3 Å². The quantitative estimate of drug-likeness (QED) is 0.733. The zero-order chi connectivity index (χ0) is 20.6. The highest BCUT2D eigenvalue weighted by molar-refractivity contribution is 5.88. The Morgan fingerprint density at radius 2 is 1.83 bits per heavy atom. The van der Waals surface area contributed by atoms with Gasteiger partial charge < -0.3 is 10.0 Å². The second-order valence-electron chi connectivity index (χ2n) is 7.68. The third-order valence-corrected chi connectivity index (χ3v) is 5.75. The Balaban J connectivity index is 1.52. The number of piperidine rings is 1. The Labute approximate surface area is 168 Å². The fraction of sp³-hybridized carbons (Fsp3) is 0.364. The number of pyridine rings is 1. The Kier molecular flexibility index (Phi) is 4.92. The summed E-state index contributed by atoms with van der Waals surface area (Å²) in [6, 6.07) is 11.0. The highest BCUT2D eigenvalue weighted by Gasteiger charge is 2.37. The molecule has 1 aliphatic heterocycles. The summed E-state index contributed by atoms with van der Waals surface area (Å²) in [5.74, 6) is -0.0545. The molecule has 29 heavy (non-hydrogen) atoms. The summed E-state index contributed by atoms with van der Waals surface area (Å²) in [4.78, 5) is 31.3. The van der Waals surface area contributed by atoms with Gasteiger partial charge in [0.25, 0.3) is 5.56 Å². The zero-order valence-electron chi connectivity index (χ0n) is 16.6. The average molecular weight is 392 g/mol. The Morgan fingerprint density at radius 3 is 2.52 bits per heavy atom. The van der Waals surface area contributed by atoms with Crippen LogP contribution in [0, 0.1) is 6.92 Å². The lowest BCUT2D eigenvalue weighted by Crippen LogP contribution is -2.46. The van der Waals surface area contributed by atoms with Gasteiger partial charge >= 0.3 is 0 Å². The number of rotatable bonds is 3. The van der Waals surface area contributed by atoms with Gasteiger partial charge in [-0.3, -0.25) is 14.6 Å². The van der Waals surface area contributed by atoms with E-state index in [0.717, 1.165) is 5.56 Å². The van der Waals surface area contributed by atoms with Crippen LogP contribution in [0.15, 0.2) is 47.4 Å². The molecular weight excluding hydrogens is 368 g/mol. The molecule has 0 unspecified atom stereocenters. The number of amides is 1. The van der Waals surface area contributed by atoms with Crippen LogP contribution in [0.4, 0.5) is 0 Å². The molecule has 0 atom stereocenters. The van der Waals surface area contributed by atoms with Gasteiger partial charge in [0, 0.05) is 31.7 Å². The molecule has 1 aromatic carbocycles. The SMILES string of the molecule is Cc1cccnc1C1(O)CCN(C(=O)Cc2nn(C)c(=O)c3ccccc23)CC1. The molecule has 4 rings (SSSR count). The molecule has 1 fully saturated rings. The maximum atomic E-state index is 12.9. The number of aliphatic hydroxyl groups is 1. The first kappa shape index (κ1) is 19.3. The molecule has 0 spiro atoms. The van der Waals surface area contributed by atoms with Crippen LogP contribution in [0.2, 0.25) is 0 Å². The second-order valence-corrected chi connectivity index (χ2v) is 7.68. The summed E-state index contributed by atoms with van der Waals surface area (Å²) >= 11 is 0. The van der Waals surface area contributed by atoms with Gasteiger partial charge in [-0.15, -0.1) is 0 Å². The van der Waals surface area contributed by atoms with Crippen LogP contribution in [0.3, 0.4) is 0 Å². The molecule has 3 aromatic rings. The maximum absolute atomic E-state index is 12.9. The third-order valence-electron chi connectivity index (χ3n) is 5.75. The van der Waals surface area contributed by atoms with Crippen LogP contribution in [0.25, 0.3) is 10.8 Å². The fourth-order valence-corrected chi connectivity index (χ4v) is 4.10. The Morgan fingerprint density at radius 1 is 1.14 bits per heavy atom. The van der Waals surface area contributed by atoms with Crippen molar-refractivity contribution in [1.82, 2.24) is 19.7 Å². The molecule has 0 radical (unpaired) electrons. The fourth-order valence-electron chi connectivity index (χ4n) is 4.10. The molecule has 1 aliphatic rings. The largest absolute Gasteiger partial charge is 0.383 e. The lowest BCUT2D eigenvalue weighted by molar-refractivity contribution is -0.135. The molecule has 1 amide bonds. The maximum Gasteiger partial charge on any atom is 0.274 e. The molecular formula is C22H24N4O3. The number of benzene rings is 1. The van der Waals surface area contributed by atoms with E-state index in [4.69, 9.17) is 0 Å². The minimum absolute atomic E-state index is 0.0545. The van der Waals surface area contributed by atoms with Crippen LogP contribution in [-0.4, -0.2) is 43.8 Å². The van der Waals surface area contributed by atoms with Crippen LogP contribution >= 0.6 is 0 Å². The first-order chi connectivity index (χ1) is 13.9. The number of carbonyl (C=O) groups excluding carboxylic acids is 1. The van der Waals surface area contributed by atoms with Gasteiger partial charge in [0.2, 0.25) is 5.91 Å². The summed E-state index contributed by atoms with van der Waals surface area (Å²) in [6.45, 7) is 2.85. The predicted octanol–water partition coefficient (Wildman–Crippen LogP) is 1.69. The van der Waals surface area contributed by atoms with Crippen molar-refractivity contribution in [2.45, 2.75) is 31.8 Å². The van der Waals surface area contributed by atoms with Crippen molar-refractivity contribution in [1.29, 1.82) is 0 Å². The summed E-state index contributed by atoms with van der Waals surface area (Å²) in [7, 11) is 1.60.